The molecule has 1 unspecified atom stereocenters. The lowest BCUT2D eigenvalue weighted by Gasteiger charge is -2.03. The molecule has 0 aromatic rings. The van der Waals surface area contributed by atoms with Gasteiger partial charge in [-0.15, -0.1) is 0 Å². The third kappa shape index (κ3) is 10.8. The number of allylic oxidation sites excluding steroid dienone is 3. The number of aliphatic hydroxyl groups is 1. The Hall–Kier alpha value is -1.09. The fourth-order valence-electron chi connectivity index (χ4n) is 1.13. The van der Waals surface area contributed by atoms with Crippen LogP contribution in [0.5, 0.6) is 0 Å². The molecule has 3 nitrogen and oxygen atoms in total. The average molecular weight is 212 g/mol. The van der Waals surface area contributed by atoms with Crippen molar-refractivity contribution in [1.82, 2.24) is 0 Å². The molecule has 0 fully saturated rings. The minimum Gasteiger partial charge on any atom is -0.481 e. The quantitative estimate of drug-likeness (QED) is 0.480. The van der Waals surface area contributed by atoms with E-state index in [-0.39, 0.29) is 6.42 Å². The molecule has 0 aromatic carbocycles. The van der Waals surface area contributed by atoms with Crippen LogP contribution >= 0.6 is 0 Å². The summed E-state index contributed by atoms with van der Waals surface area (Å²) in [6.07, 6.45) is 10.2. The minimum absolute atomic E-state index is 0.187. The highest BCUT2D eigenvalue weighted by atomic mass is 16.4. The van der Waals surface area contributed by atoms with Crippen molar-refractivity contribution in [2.75, 3.05) is 0 Å². The van der Waals surface area contributed by atoms with Crippen LogP contribution in [0, 0.1) is 0 Å². The van der Waals surface area contributed by atoms with E-state index in [9.17, 15) is 9.90 Å². The van der Waals surface area contributed by atoms with E-state index in [1.54, 1.807) is 6.08 Å². The zero-order valence-electron chi connectivity index (χ0n) is 9.22. The molecular formula is C12H20O3. The van der Waals surface area contributed by atoms with Crippen LogP contribution in [0.4, 0.5) is 0 Å². The van der Waals surface area contributed by atoms with Crippen LogP contribution in [-0.4, -0.2) is 22.3 Å². The summed E-state index contributed by atoms with van der Waals surface area (Å²) in [4.78, 5) is 10.2. The Morgan fingerprint density at radius 3 is 2.67 bits per heavy atom. The van der Waals surface area contributed by atoms with Gasteiger partial charge in [-0.25, -0.2) is 0 Å². The first-order valence-corrected chi connectivity index (χ1v) is 5.40. The summed E-state index contributed by atoms with van der Waals surface area (Å²) in [6, 6.07) is 0. The maximum absolute atomic E-state index is 10.2. The van der Waals surface area contributed by atoms with E-state index in [1.165, 1.54) is 0 Å². The van der Waals surface area contributed by atoms with Crippen molar-refractivity contribution in [2.24, 2.45) is 0 Å². The molecule has 1 atom stereocenters. The van der Waals surface area contributed by atoms with Crippen LogP contribution in [0.1, 0.15) is 39.0 Å². The second-order valence-corrected chi connectivity index (χ2v) is 3.43. The fraction of sp³-hybridized carbons (Fsp3) is 0.583. The van der Waals surface area contributed by atoms with Crippen LogP contribution in [0.15, 0.2) is 24.3 Å². The minimum atomic E-state index is -0.772. The van der Waals surface area contributed by atoms with Crippen LogP contribution in [0.2, 0.25) is 0 Å². The van der Waals surface area contributed by atoms with Crippen molar-refractivity contribution in [3.63, 3.8) is 0 Å². The van der Waals surface area contributed by atoms with E-state index >= 15 is 0 Å². The van der Waals surface area contributed by atoms with Gasteiger partial charge in [0.1, 0.15) is 0 Å². The van der Waals surface area contributed by atoms with Crippen molar-refractivity contribution < 1.29 is 15.0 Å². The number of carboxylic acids is 1. The lowest BCUT2D eigenvalue weighted by molar-refractivity contribution is -0.137. The van der Waals surface area contributed by atoms with Crippen LogP contribution in [-0.2, 0) is 4.79 Å². The molecule has 0 saturated heterocycles. The van der Waals surface area contributed by atoms with E-state index < -0.39 is 12.1 Å². The molecule has 3 heteroatoms. The standard InChI is InChI=1S/C12H20O3/c1-2-3-4-5-8-11(13)9-6-7-10-12(14)15/h3-5,8,11,13H,2,6-7,9-10H2,1H3,(H,14,15)/b4-3-,8-5-. The third-order valence-electron chi connectivity index (χ3n) is 1.96. The molecule has 0 bridgehead atoms. The molecule has 0 aliphatic rings. The monoisotopic (exact) mass is 212 g/mol. The Labute approximate surface area is 91.1 Å². The van der Waals surface area contributed by atoms with Gasteiger partial charge in [0.15, 0.2) is 0 Å². The van der Waals surface area contributed by atoms with Gasteiger partial charge in [-0.1, -0.05) is 31.2 Å². The number of aliphatic carboxylic acids is 1. The summed E-state index contributed by atoms with van der Waals surface area (Å²) >= 11 is 0. The van der Waals surface area contributed by atoms with Gasteiger partial charge in [-0.3, -0.25) is 4.79 Å². The van der Waals surface area contributed by atoms with E-state index in [1.807, 2.05) is 25.2 Å². The lowest BCUT2D eigenvalue weighted by atomic mass is 10.1. The molecule has 0 aromatic heterocycles. The van der Waals surface area contributed by atoms with Gasteiger partial charge in [0, 0.05) is 6.42 Å². The smallest absolute Gasteiger partial charge is 0.303 e. The topological polar surface area (TPSA) is 57.5 Å². The van der Waals surface area contributed by atoms with Crippen molar-refractivity contribution >= 4 is 5.97 Å². The predicted molar refractivity (Wildman–Crippen MR) is 60.7 cm³/mol. The van der Waals surface area contributed by atoms with E-state index in [2.05, 4.69) is 0 Å². The number of hydrogen-bond donors (Lipinski definition) is 2. The summed E-state index contributed by atoms with van der Waals surface area (Å²) in [5.41, 5.74) is 0. The number of carboxylic acid groups (broad SMARTS) is 1. The summed E-state index contributed by atoms with van der Waals surface area (Å²) in [5.74, 6) is -0.772. The molecule has 0 aliphatic carbocycles. The Balaban J connectivity index is 3.48. The van der Waals surface area contributed by atoms with Gasteiger partial charge in [0.25, 0.3) is 0 Å². The first kappa shape index (κ1) is 13.9. The molecule has 0 radical (unpaired) electrons. The normalized spacial score (nSPS) is 13.7. The number of carbonyl (C=O) groups is 1. The molecule has 86 valence electrons. The molecule has 0 amide bonds. The first-order valence-electron chi connectivity index (χ1n) is 5.40. The molecular weight excluding hydrogens is 192 g/mol. The molecule has 15 heavy (non-hydrogen) atoms. The second-order valence-electron chi connectivity index (χ2n) is 3.43. The van der Waals surface area contributed by atoms with Crippen LogP contribution in [0.3, 0.4) is 0 Å². The highest BCUT2D eigenvalue weighted by Crippen LogP contribution is 2.04. The number of hydrogen-bond acceptors (Lipinski definition) is 2. The number of unbranched alkanes of at least 4 members (excludes halogenated alkanes) is 1. The molecule has 2 N–H and O–H groups in total. The van der Waals surface area contributed by atoms with Gasteiger partial charge < -0.3 is 10.2 Å². The van der Waals surface area contributed by atoms with Gasteiger partial charge in [0.05, 0.1) is 6.10 Å². The van der Waals surface area contributed by atoms with E-state index in [4.69, 9.17) is 5.11 Å². The van der Waals surface area contributed by atoms with Crippen LogP contribution in [0.25, 0.3) is 0 Å². The molecule has 0 rings (SSSR count). The first-order chi connectivity index (χ1) is 7.16. The van der Waals surface area contributed by atoms with Crippen LogP contribution < -0.4 is 0 Å². The van der Waals surface area contributed by atoms with E-state index in [0.717, 1.165) is 12.8 Å². The zero-order valence-corrected chi connectivity index (χ0v) is 9.22. The van der Waals surface area contributed by atoms with Crippen molar-refractivity contribution in [3.05, 3.63) is 24.3 Å². The van der Waals surface area contributed by atoms with E-state index in [0.29, 0.717) is 12.8 Å². The lowest BCUT2D eigenvalue weighted by Crippen LogP contribution is -2.02. The Bertz CT molecular complexity index is 219. The van der Waals surface area contributed by atoms with Gasteiger partial charge in [-0.2, -0.15) is 0 Å². The highest BCUT2D eigenvalue weighted by Gasteiger charge is 2.00. The molecule has 0 saturated carbocycles. The number of aliphatic hydroxyl groups excluding tert-OH is 1. The zero-order chi connectivity index (χ0) is 11.5. The third-order valence-corrected chi connectivity index (χ3v) is 1.96. The average Bonchev–Trinajstić information content (AvgIpc) is 2.19. The summed E-state index contributed by atoms with van der Waals surface area (Å²) in [7, 11) is 0. The summed E-state index contributed by atoms with van der Waals surface area (Å²) in [5, 5.41) is 17.8. The largest absolute Gasteiger partial charge is 0.481 e. The molecule has 0 spiro atoms. The molecule has 0 heterocycles. The van der Waals surface area contributed by atoms with Crippen molar-refractivity contribution in [2.45, 2.75) is 45.1 Å². The second kappa shape index (κ2) is 9.46. The summed E-state index contributed by atoms with van der Waals surface area (Å²) < 4.78 is 0. The summed E-state index contributed by atoms with van der Waals surface area (Å²) in [6.45, 7) is 2.05. The van der Waals surface area contributed by atoms with Gasteiger partial charge >= 0.3 is 5.97 Å². The highest BCUT2D eigenvalue weighted by molar-refractivity contribution is 5.66. The fourth-order valence-corrected chi connectivity index (χ4v) is 1.13. The van der Waals surface area contributed by atoms with Crippen molar-refractivity contribution in [3.8, 4) is 0 Å². The SMILES string of the molecule is CC/C=C\C=C/C(O)CCCCC(=O)O. The Morgan fingerprint density at radius 1 is 1.33 bits per heavy atom. The Kier molecular flexibility index (Phi) is 8.78. The predicted octanol–water partition coefficient (Wildman–Crippen LogP) is 2.51. The number of rotatable bonds is 8. The van der Waals surface area contributed by atoms with Gasteiger partial charge in [-0.05, 0) is 25.7 Å². The maximum atomic E-state index is 10.2. The van der Waals surface area contributed by atoms with Gasteiger partial charge in [0.2, 0.25) is 0 Å². The molecule has 0 aliphatic heterocycles. The Morgan fingerprint density at radius 2 is 2.07 bits per heavy atom. The van der Waals surface area contributed by atoms with Crippen molar-refractivity contribution in [1.29, 1.82) is 0 Å². The maximum Gasteiger partial charge on any atom is 0.303 e.